The maximum Gasteiger partial charge on any atom is 0.339 e. The number of hydrogen-bond donors (Lipinski definition) is 1. The van der Waals surface area contributed by atoms with Gasteiger partial charge in [0, 0.05) is 11.6 Å². The highest BCUT2D eigenvalue weighted by molar-refractivity contribution is 5.96. The van der Waals surface area contributed by atoms with Crippen molar-refractivity contribution in [1.82, 2.24) is 9.78 Å². The van der Waals surface area contributed by atoms with E-state index in [1.165, 1.54) is 28.9 Å². The molecule has 0 fully saturated rings. The number of benzene rings is 2. The van der Waals surface area contributed by atoms with E-state index in [1.807, 2.05) is 0 Å². The zero-order valence-electron chi connectivity index (χ0n) is 13.2. The minimum atomic E-state index is -1.08. The molecule has 0 unspecified atom stereocenters. The van der Waals surface area contributed by atoms with Crippen LogP contribution in [0, 0.1) is 12.7 Å². The Morgan fingerprint density at radius 3 is 2.54 bits per heavy atom. The number of methoxy groups -OCH3 is 1. The SMILES string of the molecule is COc1cccc(-n2nc(C)c(C(=O)O)c2-c2ccc(F)cc2)c1. The average molecular weight is 326 g/mol. The number of rotatable bonds is 4. The zero-order valence-corrected chi connectivity index (χ0v) is 13.2. The highest BCUT2D eigenvalue weighted by Gasteiger charge is 2.23. The van der Waals surface area contributed by atoms with Crippen LogP contribution in [0.3, 0.4) is 0 Å². The fourth-order valence-corrected chi connectivity index (χ4v) is 2.59. The largest absolute Gasteiger partial charge is 0.497 e. The Morgan fingerprint density at radius 1 is 1.21 bits per heavy atom. The lowest BCUT2D eigenvalue weighted by atomic mass is 10.1. The second-order valence-corrected chi connectivity index (χ2v) is 5.23. The van der Waals surface area contributed by atoms with Crippen LogP contribution in [0.15, 0.2) is 48.5 Å². The van der Waals surface area contributed by atoms with Crippen LogP contribution in [0.2, 0.25) is 0 Å². The van der Waals surface area contributed by atoms with Crippen molar-refractivity contribution in [2.24, 2.45) is 0 Å². The molecule has 0 atom stereocenters. The van der Waals surface area contributed by atoms with Crippen molar-refractivity contribution in [2.75, 3.05) is 7.11 Å². The van der Waals surface area contributed by atoms with Crippen LogP contribution in [0.5, 0.6) is 5.75 Å². The van der Waals surface area contributed by atoms with Gasteiger partial charge in [-0.05, 0) is 43.3 Å². The molecule has 0 bridgehead atoms. The van der Waals surface area contributed by atoms with Crippen LogP contribution in [-0.4, -0.2) is 28.0 Å². The summed E-state index contributed by atoms with van der Waals surface area (Å²) in [6, 6.07) is 12.8. The number of aryl methyl sites for hydroxylation is 1. The molecule has 3 aromatic rings. The van der Waals surface area contributed by atoms with E-state index in [1.54, 1.807) is 38.3 Å². The average Bonchev–Trinajstić information content (AvgIpc) is 2.93. The van der Waals surface area contributed by atoms with E-state index in [0.29, 0.717) is 28.4 Å². The second-order valence-electron chi connectivity index (χ2n) is 5.23. The molecule has 2 aromatic carbocycles. The molecule has 1 aromatic heterocycles. The Hall–Kier alpha value is -3.15. The second kappa shape index (κ2) is 6.16. The van der Waals surface area contributed by atoms with E-state index >= 15 is 0 Å². The summed E-state index contributed by atoms with van der Waals surface area (Å²) in [5, 5.41) is 13.9. The molecule has 6 heteroatoms. The maximum absolute atomic E-state index is 13.2. The van der Waals surface area contributed by atoms with Crippen LogP contribution < -0.4 is 4.74 Å². The van der Waals surface area contributed by atoms with Gasteiger partial charge >= 0.3 is 5.97 Å². The van der Waals surface area contributed by atoms with Crippen LogP contribution in [-0.2, 0) is 0 Å². The lowest BCUT2D eigenvalue weighted by Crippen LogP contribution is -2.03. The predicted molar refractivity (Wildman–Crippen MR) is 87.2 cm³/mol. The molecule has 122 valence electrons. The van der Waals surface area contributed by atoms with Crippen LogP contribution in [0.4, 0.5) is 4.39 Å². The molecular weight excluding hydrogens is 311 g/mol. The summed E-state index contributed by atoms with van der Waals surface area (Å²) >= 11 is 0. The van der Waals surface area contributed by atoms with E-state index in [2.05, 4.69) is 5.10 Å². The van der Waals surface area contributed by atoms with Crippen molar-refractivity contribution >= 4 is 5.97 Å². The molecule has 1 N–H and O–H groups in total. The number of ether oxygens (including phenoxy) is 1. The van der Waals surface area contributed by atoms with Crippen molar-refractivity contribution in [3.05, 3.63) is 65.6 Å². The first-order chi connectivity index (χ1) is 11.5. The first-order valence-corrected chi connectivity index (χ1v) is 7.24. The molecule has 24 heavy (non-hydrogen) atoms. The van der Waals surface area contributed by atoms with Gasteiger partial charge in [-0.25, -0.2) is 13.9 Å². The molecule has 0 aliphatic carbocycles. The first kappa shape index (κ1) is 15.7. The molecule has 0 aliphatic heterocycles. The fourth-order valence-electron chi connectivity index (χ4n) is 2.59. The van der Waals surface area contributed by atoms with E-state index in [-0.39, 0.29) is 11.4 Å². The Kier molecular flexibility index (Phi) is 4.04. The topological polar surface area (TPSA) is 64.4 Å². The van der Waals surface area contributed by atoms with Crippen molar-refractivity contribution in [2.45, 2.75) is 6.92 Å². The van der Waals surface area contributed by atoms with Crippen molar-refractivity contribution in [1.29, 1.82) is 0 Å². The monoisotopic (exact) mass is 326 g/mol. The van der Waals surface area contributed by atoms with E-state index in [4.69, 9.17) is 4.74 Å². The van der Waals surface area contributed by atoms with Crippen molar-refractivity contribution in [3.8, 4) is 22.7 Å². The maximum atomic E-state index is 13.2. The molecule has 5 nitrogen and oxygen atoms in total. The van der Waals surface area contributed by atoms with Gasteiger partial charge < -0.3 is 9.84 Å². The normalized spacial score (nSPS) is 10.6. The Morgan fingerprint density at radius 2 is 1.92 bits per heavy atom. The number of aromatic nitrogens is 2. The lowest BCUT2D eigenvalue weighted by molar-refractivity contribution is 0.0697. The molecule has 0 amide bonds. The van der Waals surface area contributed by atoms with E-state index in [9.17, 15) is 14.3 Å². The number of carboxylic acids is 1. The van der Waals surface area contributed by atoms with Gasteiger partial charge in [0.15, 0.2) is 0 Å². The minimum absolute atomic E-state index is 0.0874. The highest BCUT2D eigenvalue weighted by Crippen LogP contribution is 2.30. The summed E-state index contributed by atoms with van der Waals surface area (Å²) in [5.74, 6) is -0.844. The first-order valence-electron chi connectivity index (χ1n) is 7.24. The van der Waals surface area contributed by atoms with Crippen LogP contribution in [0.1, 0.15) is 16.1 Å². The Bertz CT molecular complexity index is 901. The number of carboxylic acid groups (broad SMARTS) is 1. The number of nitrogens with zero attached hydrogens (tertiary/aromatic N) is 2. The van der Waals surface area contributed by atoms with Gasteiger partial charge in [0.2, 0.25) is 0 Å². The number of carbonyl (C=O) groups is 1. The summed E-state index contributed by atoms with van der Waals surface area (Å²) in [6.07, 6.45) is 0. The summed E-state index contributed by atoms with van der Waals surface area (Å²) in [7, 11) is 1.55. The molecule has 1 heterocycles. The minimum Gasteiger partial charge on any atom is -0.497 e. The van der Waals surface area contributed by atoms with Gasteiger partial charge in [-0.2, -0.15) is 5.10 Å². The summed E-state index contributed by atoms with van der Waals surface area (Å²) in [5.41, 5.74) is 2.09. The highest BCUT2D eigenvalue weighted by atomic mass is 19.1. The summed E-state index contributed by atoms with van der Waals surface area (Å²) in [6.45, 7) is 1.63. The van der Waals surface area contributed by atoms with Crippen molar-refractivity contribution in [3.63, 3.8) is 0 Å². The third-order valence-corrected chi connectivity index (χ3v) is 3.69. The molecule has 0 radical (unpaired) electrons. The van der Waals surface area contributed by atoms with Gasteiger partial charge in [-0.3, -0.25) is 0 Å². The number of halogens is 1. The quantitative estimate of drug-likeness (QED) is 0.794. The summed E-state index contributed by atoms with van der Waals surface area (Å²) in [4.78, 5) is 11.7. The predicted octanol–water partition coefficient (Wildman–Crippen LogP) is 3.69. The third kappa shape index (κ3) is 2.74. The van der Waals surface area contributed by atoms with Crippen molar-refractivity contribution < 1.29 is 19.0 Å². The number of hydrogen-bond acceptors (Lipinski definition) is 3. The molecule has 0 saturated heterocycles. The Labute approximate surface area is 137 Å². The summed E-state index contributed by atoms with van der Waals surface area (Å²) < 4.78 is 20.0. The van der Waals surface area contributed by atoms with Gasteiger partial charge in [0.1, 0.15) is 17.1 Å². The van der Waals surface area contributed by atoms with Gasteiger partial charge in [-0.1, -0.05) is 6.07 Å². The number of aromatic carboxylic acids is 1. The van der Waals surface area contributed by atoms with E-state index < -0.39 is 5.97 Å². The van der Waals surface area contributed by atoms with E-state index in [0.717, 1.165) is 0 Å². The van der Waals surface area contributed by atoms with Gasteiger partial charge in [-0.15, -0.1) is 0 Å². The molecule has 0 spiro atoms. The molecule has 0 saturated carbocycles. The molecule has 0 aliphatic rings. The molecular formula is C18H15FN2O3. The lowest BCUT2D eigenvalue weighted by Gasteiger charge is -2.10. The zero-order chi connectivity index (χ0) is 17.3. The van der Waals surface area contributed by atoms with Gasteiger partial charge in [0.25, 0.3) is 0 Å². The molecule has 3 rings (SSSR count). The van der Waals surface area contributed by atoms with Crippen LogP contribution in [0.25, 0.3) is 16.9 Å². The van der Waals surface area contributed by atoms with Crippen LogP contribution >= 0.6 is 0 Å². The third-order valence-electron chi connectivity index (χ3n) is 3.69. The van der Waals surface area contributed by atoms with Gasteiger partial charge in [0.05, 0.1) is 24.2 Å². The fraction of sp³-hybridized carbons (Fsp3) is 0.111. The smallest absolute Gasteiger partial charge is 0.339 e. The Balaban J connectivity index is 2.28. The standard InChI is InChI=1S/C18H15FN2O3/c1-11-16(18(22)23)17(12-6-8-13(19)9-7-12)21(20-11)14-4-3-5-15(10-14)24-2/h3-10H,1-2H3,(H,22,23).